The Morgan fingerprint density at radius 1 is 1.26 bits per heavy atom. The summed E-state index contributed by atoms with van der Waals surface area (Å²) in [5, 5.41) is 13.1. The zero-order valence-electron chi connectivity index (χ0n) is 16.2. The van der Waals surface area contributed by atoms with Crippen LogP contribution < -0.4 is 15.8 Å². The summed E-state index contributed by atoms with van der Waals surface area (Å²) < 4.78 is 5.63. The Morgan fingerprint density at radius 2 is 2.15 bits per heavy atom. The summed E-state index contributed by atoms with van der Waals surface area (Å²) in [6, 6.07) is 3.19. The van der Waals surface area contributed by atoms with Gasteiger partial charge >= 0.3 is 6.01 Å². The van der Waals surface area contributed by atoms with E-state index >= 15 is 0 Å². The number of nitrogens with two attached hydrogens (primary N) is 1. The summed E-state index contributed by atoms with van der Waals surface area (Å²) in [5.74, 6) is 0.334. The molecule has 1 atom stereocenters. The van der Waals surface area contributed by atoms with Crippen LogP contribution in [-0.2, 0) is 6.42 Å². The molecule has 4 N–H and O–H groups in total. The van der Waals surface area contributed by atoms with Crippen molar-refractivity contribution in [3.63, 3.8) is 0 Å². The topological polar surface area (TPSA) is 113 Å². The largest absolute Gasteiger partial charge is 0.463 e. The molecular formula is C20H30N6O. The first kappa shape index (κ1) is 19.4. The van der Waals surface area contributed by atoms with Crippen LogP contribution in [0.15, 0.2) is 0 Å². The maximum atomic E-state index is 9.50. The lowest BCUT2D eigenvalue weighted by Crippen LogP contribution is -2.33. The van der Waals surface area contributed by atoms with Gasteiger partial charge in [0.05, 0.1) is 6.61 Å². The SMILES string of the molecule is CCCCOc1nc(N)c2[nH]c(C#N)c(CCCCC3CCCCN3)c2n1. The molecule has 1 fully saturated rings. The first-order valence-corrected chi connectivity index (χ1v) is 10.2. The van der Waals surface area contributed by atoms with Crippen molar-refractivity contribution in [3.05, 3.63) is 11.3 Å². The minimum absolute atomic E-state index is 0.296. The van der Waals surface area contributed by atoms with Gasteiger partial charge in [-0.25, -0.2) is 0 Å². The molecule has 27 heavy (non-hydrogen) atoms. The number of ether oxygens (including phenoxy) is 1. The number of aromatic amines is 1. The molecule has 0 aliphatic carbocycles. The summed E-state index contributed by atoms with van der Waals surface area (Å²) in [6.45, 7) is 3.82. The summed E-state index contributed by atoms with van der Waals surface area (Å²) in [6.07, 6.45) is 10.0. The standard InChI is InChI=1S/C20H30N6O/c1-2-3-12-27-20-25-17-15(16(13-21)24-18(17)19(22)26-20)10-5-4-8-14-9-6-7-11-23-14/h14,23-24H,2-12H2,1H3,(H2,22,25,26). The van der Waals surface area contributed by atoms with E-state index in [4.69, 9.17) is 10.5 Å². The lowest BCUT2D eigenvalue weighted by molar-refractivity contribution is 0.287. The number of aromatic nitrogens is 3. The number of aryl methyl sites for hydroxylation is 1. The molecule has 1 saturated heterocycles. The van der Waals surface area contributed by atoms with Gasteiger partial charge in [-0.05, 0) is 45.1 Å². The molecule has 1 unspecified atom stereocenters. The Kier molecular flexibility index (Phi) is 6.88. The van der Waals surface area contributed by atoms with Crippen LogP contribution in [0.4, 0.5) is 5.82 Å². The van der Waals surface area contributed by atoms with Crippen molar-refractivity contribution in [2.24, 2.45) is 0 Å². The summed E-state index contributed by atoms with van der Waals surface area (Å²) in [4.78, 5) is 11.8. The van der Waals surface area contributed by atoms with E-state index in [1.807, 2.05) is 0 Å². The van der Waals surface area contributed by atoms with E-state index in [0.717, 1.165) is 49.7 Å². The maximum Gasteiger partial charge on any atom is 0.319 e. The number of nitrogens with one attached hydrogen (secondary N) is 2. The first-order chi connectivity index (χ1) is 13.2. The second kappa shape index (κ2) is 9.56. The number of hydrogen-bond acceptors (Lipinski definition) is 6. The molecule has 3 heterocycles. The average Bonchev–Trinajstić information content (AvgIpc) is 3.04. The van der Waals surface area contributed by atoms with Gasteiger partial charge in [0, 0.05) is 11.6 Å². The van der Waals surface area contributed by atoms with Crippen molar-refractivity contribution in [1.29, 1.82) is 5.26 Å². The number of hydrogen-bond donors (Lipinski definition) is 3. The molecule has 0 radical (unpaired) electrons. The van der Waals surface area contributed by atoms with Crippen LogP contribution in [0.1, 0.15) is 69.5 Å². The van der Waals surface area contributed by atoms with Gasteiger partial charge in [-0.1, -0.05) is 26.2 Å². The Bertz CT molecular complexity index is 788. The molecule has 146 valence electrons. The predicted octanol–water partition coefficient (Wildman–Crippen LogP) is 3.45. The van der Waals surface area contributed by atoms with E-state index < -0.39 is 0 Å². The van der Waals surface area contributed by atoms with E-state index in [-0.39, 0.29) is 0 Å². The van der Waals surface area contributed by atoms with Gasteiger partial charge in [0.2, 0.25) is 0 Å². The fourth-order valence-electron chi connectivity index (χ4n) is 3.69. The van der Waals surface area contributed by atoms with Crippen LogP contribution >= 0.6 is 0 Å². The van der Waals surface area contributed by atoms with Crippen molar-refractivity contribution in [3.8, 4) is 12.1 Å². The van der Waals surface area contributed by atoms with E-state index in [1.165, 1.54) is 25.7 Å². The molecule has 2 aromatic heterocycles. The fourth-order valence-corrected chi connectivity index (χ4v) is 3.69. The van der Waals surface area contributed by atoms with Crippen molar-refractivity contribution in [2.45, 2.75) is 70.8 Å². The molecule has 7 nitrogen and oxygen atoms in total. The lowest BCUT2D eigenvalue weighted by Gasteiger charge is -2.23. The number of unbranched alkanes of at least 4 members (excludes halogenated alkanes) is 2. The van der Waals surface area contributed by atoms with E-state index in [9.17, 15) is 5.26 Å². The Morgan fingerprint density at radius 3 is 2.89 bits per heavy atom. The monoisotopic (exact) mass is 370 g/mol. The van der Waals surface area contributed by atoms with Crippen molar-refractivity contribution < 1.29 is 4.74 Å². The molecular weight excluding hydrogens is 340 g/mol. The molecule has 0 amide bonds. The molecule has 7 heteroatoms. The smallest absolute Gasteiger partial charge is 0.319 e. The number of nitriles is 1. The van der Waals surface area contributed by atoms with Crippen molar-refractivity contribution in [1.82, 2.24) is 20.3 Å². The third-order valence-electron chi connectivity index (χ3n) is 5.24. The minimum Gasteiger partial charge on any atom is -0.463 e. The molecule has 1 aliphatic rings. The van der Waals surface area contributed by atoms with Gasteiger partial charge in [0.15, 0.2) is 5.82 Å². The Hall–Kier alpha value is -2.33. The number of nitrogens with zero attached hydrogens (tertiary/aromatic N) is 3. The van der Waals surface area contributed by atoms with Crippen LogP contribution in [0.5, 0.6) is 6.01 Å². The van der Waals surface area contributed by atoms with Crippen molar-refractivity contribution in [2.75, 3.05) is 18.9 Å². The zero-order valence-corrected chi connectivity index (χ0v) is 16.2. The van der Waals surface area contributed by atoms with Gasteiger partial charge in [0.1, 0.15) is 22.8 Å². The van der Waals surface area contributed by atoms with Crippen LogP contribution in [0.2, 0.25) is 0 Å². The minimum atomic E-state index is 0.296. The fraction of sp³-hybridized carbons (Fsp3) is 0.650. The summed E-state index contributed by atoms with van der Waals surface area (Å²) in [7, 11) is 0. The Labute approximate surface area is 160 Å². The highest BCUT2D eigenvalue weighted by molar-refractivity contribution is 5.89. The highest BCUT2D eigenvalue weighted by atomic mass is 16.5. The number of H-pyrrole nitrogens is 1. The van der Waals surface area contributed by atoms with E-state index in [1.54, 1.807) is 0 Å². The normalized spacial score (nSPS) is 17.1. The van der Waals surface area contributed by atoms with Crippen LogP contribution in [0.3, 0.4) is 0 Å². The van der Waals surface area contributed by atoms with E-state index in [2.05, 4.69) is 33.3 Å². The molecule has 0 aromatic carbocycles. The van der Waals surface area contributed by atoms with Crippen LogP contribution in [0.25, 0.3) is 11.0 Å². The molecule has 0 bridgehead atoms. The molecule has 0 saturated carbocycles. The predicted molar refractivity (Wildman–Crippen MR) is 107 cm³/mol. The van der Waals surface area contributed by atoms with Gasteiger partial charge in [-0.2, -0.15) is 15.2 Å². The summed E-state index contributed by atoms with van der Waals surface area (Å²) >= 11 is 0. The quantitative estimate of drug-likeness (QED) is 0.583. The highest BCUT2D eigenvalue weighted by Gasteiger charge is 2.18. The number of piperidine rings is 1. The van der Waals surface area contributed by atoms with Gasteiger partial charge in [-0.15, -0.1) is 0 Å². The van der Waals surface area contributed by atoms with Gasteiger partial charge in [-0.3, -0.25) is 0 Å². The third kappa shape index (κ3) is 4.89. The molecule has 2 aromatic rings. The molecule has 1 aliphatic heterocycles. The van der Waals surface area contributed by atoms with E-state index in [0.29, 0.717) is 35.7 Å². The lowest BCUT2D eigenvalue weighted by atomic mass is 9.98. The number of anilines is 1. The van der Waals surface area contributed by atoms with Crippen molar-refractivity contribution >= 4 is 16.9 Å². The van der Waals surface area contributed by atoms with Gasteiger partial charge in [0.25, 0.3) is 0 Å². The second-order valence-corrected chi connectivity index (χ2v) is 7.30. The third-order valence-corrected chi connectivity index (χ3v) is 5.24. The number of nitrogen functional groups attached to an aromatic ring is 1. The number of rotatable bonds is 9. The van der Waals surface area contributed by atoms with Gasteiger partial charge < -0.3 is 20.8 Å². The maximum absolute atomic E-state index is 9.50. The first-order valence-electron chi connectivity index (χ1n) is 10.2. The number of fused-ring (bicyclic) bond motifs is 1. The average molecular weight is 371 g/mol. The zero-order chi connectivity index (χ0) is 19.1. The van der Waals surface area contributed by atoms with Crippen LogP contribution in [0, 0.1) is 11.3 Å². The Balaban J connectivity index is 1.69. The molecule has 0 spiro atoms. The van der Waals surface area contributed by atoms with Crippen LogP contribution in [-0.4, -0.2) is 34.1 Å². The summed E-state index contributed by atoms with van der Waals surface area (Å²) in [5.41, 5.74) is 8.90. The second-order valence-electron chi connectivity index (χ2n) is 7.30. The highest BCUT2D eigenvalue weighted by Crippen LogP contribution is 2.27. The molecule has 3 rings (SSSR count).